The van der Waals surface area contributed by atoms with Crippen LogP contribution in [0.5, 0.6) is 0 Å². The molecule has 0 atom stereocenters. The molecular formula is C20H13Cl3IN3. The van der Waals surface area contributed by atoms with E-state index in [4.69, 9.17) is 28.2 Å². The Morgan fingerprint density at radius 1 is 0.852 bits per heavy atom. The first-order valence-corrected chi connectivity index (χ1v) is 9.68. The highest BCUT2D eigenvalue weighted by Crippen LogP contribution is 2.32. The number of rotatable bonds is 3. The third-order valence-electron chi connectivity index (χ3n) is 3.88. The van der Waals surface area contributed by atoms with Crippen LogP contribution in [-0.2, 0) is 0 Å². The second-order valence-corrected chi connectivity index (χ2v) is 7.76. The number of benzene rings is 3. The summed E-state index contributed by atoms with van der Waals surface area (Å²) in [6, 6.07) is 21.3. The average molecular weight is 529 g/mol. The number of anilines is 2. The summed E-state index contributed by atoms with van der Waals surface area (Å²) in [6.45, 7) is 0. The predicted octanol–water partition coefficient (Wildman–Crippen LogP) is 7.37. The van der Waals surface area contributed by atoms with Crippen molar-refractivity contribution < 1.29 is 0 Å². The van der Waals surface area contributed by atoms with Gasteiger partial charge >= 0.3 is 0 Å². The molecule has 1 N–H and O–H groups in total. The minimum Gasteiger partial charge on any atom is -0.340 e. The van der Waals surface area contributed by atoms with Crippen molar-refractivity contribution in [3.63, 3.8) is 0 Å². The zero-order valence-corrected chi connectivity index (χ0v) is 18.3. The van der Waals surface area contributed by atoms with Gasteiger partial charge in [-0.25, -0.2) is 9.97 Å². The first-order valence-electron chi connectivity index (χ1n) is 7.85. The van der Waals surface area contributed by atoms with Crippen molar-refractivity contribution in [1.82, 2.24) is 9.97 Å². The minimum atomic E-state index is 0. The lowest BCUT2D eigenvalue weighted by Gasteiger charge is -2.12. The fraction of sp³-hybridized carbons (Fsp3) is 0. The fourth-order valence-corrected chi connectivity index (χ4v) is 3.49. The predicted molar refractivity (Wildman–Crippen MR) is 125 cm³/mol. The van der Waals surface area contributed by atoms with E-state index in [-0.39, 0.29) is 12.4 Å². The van der Waals surface area contributed by atoms with E-state index in [1.54, 1.807) is 12.1 Å². The summed E-state index contributed by atoms with van der Waals surface area (Å²) in [4.78, 5) is 9.40. The standard InChI is InChI=1S/C20H12Cl2IN3.ClH/c21-12-5-10-15(17(22)11-12)19-25-18-4-2-1-3-16(18)20(26-19)24-14-8-6-13(23)7-9-14;/h1-11H,(H,24,25,26);1H. The molecule has 0 unspecified atom stereocenters. The summed E-state index contributed by atoms with van der Waals surface area (Å²) < 4.78 is 1.18. The second-order valence-electron chi connectivity index (χ2n) is 5.67. The maximum atomic E-state index is 6.36. The summed E-state index contributed by atoms with van der Waals surface area (Å²) in [5.74, 6) is 1.29. The Morgan fingerprint density at radius 2 is 1.59 bits per heavy atom. The molecule has 0 fully saturated rings. The van der Waals surface area contributed by atoms with Gasteiger partial charge in [-0.2, -0.15) is 0 Å². The number of nitrogens with zero attached hydrogens (tertiary/aromatic N) is 2. The van der Waals surface area contributed by atoms with E-state index in [0.717, 1.165) is 28.0 Å². The first kappa shape index (κ1) is 20.1. The number of para-hydroxylation sites is 1. The molecule has 0 radical (unpaired) electrons. The van der Waals surface area contributed by atoms with Crippen LogP contribution in [0, 0.1) is 3.57 Å². The van der Waals surface area contributed by atoms with Crippen molar-refractivity contribution in [2.45, 2.75) is 0 Å². The Balaban J connectivity index is 0.00000210. The smallest absolute Gasteiger partial charge is 0.163 e. The van der Waals surface area contributed by atoms with Crippen LogP contribution in [0.15, 0.2) is 66.7 Å². The van der Waals surface area contributed by atoms with Gasteiger partial charge in [0.05, 0.1) is 10.5 Å². The van der Waals surface area contributed by atoms with Gasteiger partial charge in [0.15, 0.2) is 5.82 Å². The van der Waals surface area contributed by atoms with Crippen LogP contribution in [-0.4, -0.2) is 9.97 Å². The van der Waals surface area contributed by atoms with E-state index in [1.165, 1.54) is 3.57 Å². The number of hydrogen-bond donors (Lipinski definition) is 1. The van der Waals surface area contributed by atoms with Crippen LogP contribution >= 0.6 is 58.2 Å². The molecule has 0 aliphatic carbocycles. The summed E-state index contributed by atoms with van der Waals surface area (Å²) in [6.07, 6.45) is 0. The maximum absolute atomic E-state index is 6.36. The van der Waals surface area contributed by atoms with Crippen LogP contribution in [0.25, 0.3) is 22.3 Å². The van der Waals surface area contributed by atoms with Crippen molar-refractivity contribution in [2.75, 3.05) is 5.32 Å². The van der Waals surface area contributed by atoms with E-state index < -0.39 is 0 Å². The Labute approximate surface area is 186 Å². The van der Waals surface area contributed by atoms with Crippen LogP contribution in [0.1, 0.15) is 0 Å². The topological polar surface area (TPSA) is 37.8 Å². The van der Waals surface area contributed by atoms with Gasteiger partial charge in [0.1, 0.15) is 5.82 Å². The lowest BCUT2D eigenvalue weighted by Crippen LogP contribution is -1.99. The van der Waals surface area contributed by atoms with Gasteiger partial charge in [0.25, 0.3) is 0 Å². The molecule has 1 aromatic heterocycles. The van der Waals surface area contributed by atoms with Gasteiger partial charge in [-0.3, -0.25) is 0 Å². The zero-order valence-electron chi connectivity index (χ0n) is 13.8. The lowest BCUT2D eigenvalue weighted by molar-refractivity contribution is 1.22. The molecule has 4 rings (SSSR count). The van der Waals surface area contributed by atoms with E-state index in [2.05, 4.69) is 32.9 Å². The first-order chi connectivity index (χ1) is 12.6. The molecule has 0 aliphatic heterocycles. The summed E-state index contributed by atoms with van der Waals surface area (Å²) in [5, 5.41) is 5.44. The third-order valence-corrected chi connectivity index (χ3v) is 5.15. The Bertz CT molecular complexity index is 1100. The van der Waals surface area contributed by atoms with Gasteiger partial charge in [0.2, 0.25) is 0 Å². The van der Waals surface area contributed by atoms with Gasteiger partial charge in [0, 0.05) is 25.2 Å². The largest absolute Gasteiger partial charge is 0.340 e. The summed E-state index contributed by atoms with van der Waals surface area (Å²) in [7, 11) is 0. The van der Waals surface area contributed by atoms with Crippen molar-refractivity contribution in [3.8, 4) is 11.4 Å². The highest BCUT2D eigenvalue weighted by molar-refractivity contribution is 14.1. The molecule has 0 aliphatic rings. The zero-order chi connectivity index (χ0) is 18.1. The molecule has 0 bridgehead atoms. The molecule has 4 aromatic rings. The molecule has 3 nitrogen and oxygen atoms in total. The molecular weight excluding hydrogens is 516 g/mol. The lowest BCUT2D eigenvalue weighted by atomic mass is 10.1. The molecule has 27 heavy (non-hydrogen) atoms. The van der Waals surface area contributed by atoms with Crippen molar-refractivity contribution in [1.29, 1.82) is 0 Å². The van der Waals surface area contributed by atoms with Crippen LogP contribution in [0.4, 0.5) is 11.5 Å². The van der Waals surface area contributed by atoms with E-state index in [9.17, 15) is 0 Å². The SMILES string of the molecule is Cl.Clc1ccc(-c2nc(Nc3ccc(I)cc3)c3ccccc3n2)c(Cl)c1. The highest BCUT2D eigenvalue weighted by Gasteiger charge is 2.12. The van der Waals surface area contributed by atoms with Gasteiger partial charge in [-0.1, -0.05) is 35.3 Å². The van der Waals surface area contributed by atoms with Crippen molar-refractivity contribution in [3.05, 3.63) is 80.3 Å². The van der Waals surface area contributed by atoms with Gasteiger partial charge < -0.3 is 5.32 Å². The Kier molecular flexibility index (Phi) is 6.42. The average Bonchev–Trinajstić information content (AvgIpc) is 2.63. The van der Waals surface area contributed by atoms with E-state index in [0.29, 0.717) is 15.9 Å². The molecule has 1 heterocycles. The highest BCUT2D eigenvalue weighted by atomic mass is 127. The van der Waals surface area contributed by atoms with Crippen molar-refractivity contribution >= 4 is 80.6 Å². The van der Waals surface area contributed by atoms with E-state index >= 15 is 0 Å². The monoisotopic (exact) mass is 527 g/mol. The number of aromatic nitrogens is 2. The number of fused-ring (bicyclic) bond motifs is 1. The molecule has 0 amide bonds. The summed E-state index contributed by atoms with van der Waals surface area (Å²) in [5.41, 5.74) is 2.55. The van der Waals surface area contributed by atoms with Crippen LogP contribution < -0.4 is 5.32 Å². The van der Waals surface area contributed by atoms with Gasteiger partial charge in [-0.05, 0) is 77.2 Å². The third kappa shape index (κ3) is 4.46. The molecule has 3 aromatic carbocycles. The summed E-state index contributed by atoms with van der Waals surface area (Å²) >= 11 is 14.7. The molecule has 0 saturated heterocycles. The molecule has 0 saturated carbocycles. The molecule has 7 heteroatoms. The second kappa shape index (κ2) is 8.61. The minimum absolute atomic E-state index is 0. The van der Waals surface area contributed by atoms with Crippen molar-refractivity contribution in [2.24, 2.45) is 0 Å². The molecule has 0 spiro atoms. The normalized spacial score (nSPS) is 10.5. The van der Waals surface area contributed by atoms with Gasteiger partial charge in [-0.15, -0.1) is 12.4 Å². The quantitative estimate of drug-likeness (QED) is 0.282. The number of hydrogen-bond acceptors (Lipinski definition) is 3. The van der Waals surface area contributed by atoms with Crippen LogP contribution in [0.3, 0.4) is 0 Å². The van der Waals surface area contributed by atoms with E-state index in [1.807, 2.05) is 54.6 Å². The number of halogens is 4. The molecule has 136 valence electrons. The number of nitrogens with one attached hydrogen (secondary N) is 1. The maximum Gasteiger partial charge on any atom is 0.163 e. The Hall–Kier alpha value is -1.60. The van der Waals surface area contributed by atoms with Crippen LogP contribution in [0.2, 0.25) is 10.0 Å². The fourth-order valence-electron chi connectivity index (χ4n) is 2.63. The Morgan fingerprint density at radius 3 is 2.33 bits per heavy atom.